The molecule has 75 heavy (non-hydrogen) atoms. The summed E-state index contributed by atoms with van der Waals surface area (Å²) in [6, 6.07) is -1.25. The van der Waals surface area contributed by atoms with Gasteiger partial charge in [0.2, 0.25) is 5.91 Å². The average molecular weight is 1070 g/mol. The second kappa shape index (κ2) is 46.6. The van der Waals surface area contributed by atoms with Gasteiger partial charge in [-0.2, -0.15) is 0 Å². The Morgan fingerprint density at radius 3 is 1.55 bits per heavy atom. The lowest BCUT2D eigenvalue weighted by atomic mass is 9.98. The number of carboxylic acids is 1. The van der Waals surface area contributed by atoms with Crippen LogP contribution in [0.5, 0.6) is 0 Å². The molecule has 1 aliphatic heterocycles. The third-order valence-electron chi connectivity index (χ3n) is 10.8. The molecule has 0 aromatic heterocycles. The molecule has 1 saturated heterocycles. The number of carbonyl (C=O) groups is 3. The summed E-state index contributed by atoms with van der Waals surface area (Å²) in [5, 5.41) is 68.4. The molecule has 8 N–H and O–H groups in total. The van der Waals surface area contributed by atoms with Gasteiger partial charge in [0.05, 0.1) is 25.4 Å². The Labute approximate surface area is 481 Å². The summed E-state index contributed by atoms with van der Waals surface area (Å²) in [6.45, 7) is 4.02. The molecule has 0 aliphatic carbocycles. The van der Waals surface area contributed by atoms with E-state index in [0.717, 1.165) is 44.9 Å². The van der Waals surface area contributed by atoms with Gasteiger partial charge in [0, 0.05) is 102 Å². The van der Waals surface area contributed by atoms with Crippen LogP contribution in [0.1, 0.15) is 177 Å². The molecule has 444 valence electrons. The smallest absolute Gasteiger partial charge is 0.303 e. The van der Waals surface area contributed by atoms with E-state index in [-0.39, 0.29) is 72.4 Å². The molecule has 2 unspecified atom stereocenters. The zero-order valence-electron chi connectivity index (χ0n) is 43.2. The molecule has 0 aromatic rings. The standard InChI is InChI=1S/C61H70N2O12.24H2/c1-3-5-7-9-11-13-15-17-18-19-20-21-22-23-24-25-26-27-29-31-33-35-39-44-55(66)63-51(57(69)52(64)43-38-34-32-30-28-16-14-12-10-8-6-4-2)49-74-61-60(72)59(71)58(70)53(75-61)50-73-48-41-37-36-40-47-62-54(65)45-42-46-56(67)68;;;;;;;;;;;;;;;;;;;;;;;;/h51-53,57-61,64,69-72H,4,6,8,10,12,14,16,28,30,32,34,36-38,40-43,45-50H2,1-2H3,(H,62,65)(H,63,66)(H,67,68);24*1H/t51-,52+,53?,57-,58-,59-,60?,61-;;;;;;;;;;;;;;;;;;;;;;;;/m0......................../s1. The van der Waals surface area contributed by atoms with E-state index in [9.17, 15) is 39.9 Å². The molecule has 1 heterocycles. The second-order valence-corrected chi connectivity index (χ2v) is 16.9. The van der Waals surface area contributed by atoms with E-state index in [1.165, 1.54) is 44.9 Å². The van der Waals surface area contributed by atoms with Crippen molar-refractivity contribution >= 4 is 17.8 Å². The zero-order valence-corrected chi connectivity index (χ0v) is 43.2. The van der Waals surface area contributed by atoms with Gasteiger partial charge in [0.25, 0.3) is 5.91 Å². The summed E-state index contributed by atoms with van der Waals surface area (Å²) < 4.78 is 17.3. The summed E-state index contributed by atoms with van der Waals surface area (Å²) in [4.78, 5) is 35.3. The summed E-state index contributed by atoms with van der Waals surface area (Å²) in [6.07, 6.45) is 6.84. The van der Waals surface area contributed by atoms with Crippen molar-refractivity contribution in [3.63, 3.8) is 0 Å². The maximum absolute atomic E-state index is 12.9. The molecule has 14 nitrogen and oxygen atoms in total. The topological polar surface area (TPSA) is 224 Å². The van der Waals surface area contributed by atoms with Crippen LogP contribution in [-0.2, 0) is 28.6 Å². The minimum absolute atomic E-state index is 0. The molecular weight excluding hydrogens is 953 g/mol. The van der Waals surface area contributed by atoms with Crippen LogP contribution in [0, 0.1) is 142 Å². The largest absolute Gasteiger partial charge is 0.481 e. The Morgan fingerprint density at radius 1 is 0.573 bits per heavy atom. The van der Waals surface area contributed by atoms with Gasteiger partial charge in [-0.25, -0.2) is 0 Å². The first kappa shape index (κ1) is 65.8. The van der Waals surface area contributed by atoms with Crippen molar-refractivity contribution in [2.24, 2.45) is 0 Å². The first-order valence-corrected chi connectivity index (χ1v) is 25.5. The Kier molecular flexibility index (Phi) is 40.9. The Hall–Kier alpha value is -7.19. The minimum Gasteiger partial charge on any atom is -0.481 e. The quantitative estimate of drug-likeness (QED) is 0.0234. The lowest BCUT2D eigenvalue weighted by Gasteiger charge is -2.40. The van der Waals surface area contributed by atoms with Gasteiger partial charge >= 0.3 is 5.97 Å². The maximum atomic E-state index is 12.9. The third kappa shape index (κ3) is 37.2. The molecule has 0 saturated carbocycles. The van der Waals surface area contributed by atoms with E-state index >= 15 is 0 Å². The Bertz CT molecular complexity index is 2640. The highest BCUT2D eigenvalue weighted by Gasteiger charge is 2.45. The SMILES string of the molecule is CC#CC#CC#CC#CC#CC#CC#CC#CC#CC#CC#CC#CC(=O)N[C@@H](CO[C@H]1OC(COCCCCCCNC(=O)CCCC(=O)O)[C@H](O)[C@H](O)C1O)[C@H](O)[C@H](O)CCCCCCCCCCCCCC.[HH].[HH].[HH].[HH].[HH].[HH].[HH].[HH].[HH].[HH].[HH].[HH].[HH].[HH].[HH].[HH].[HH].[HH].[HH].[HH].[HH].[HH].[HH].[HH]. The highest BCUT2D eigenvalue weighted by Crippen LogP contribution is 2.23. The van der Waals surface area contributed by atoms with Gasteiger partial charge in [0.15, 0.2) is 6.29 Å². The summed E-state index contributed by atoms with van der Waals surface area (Å²) in [5.41, 5.74) is 0. The van der Waals surface area contributed by atoms with E-state index in [2.05, 4.69) is 160 Å². The van der Waals surface area contributed by atoms with Crippen molar-refractivity contribution in [2.45, 2.75) is 191 Å². The van der Waals surface area contributed by atoms with Gasteiger partial charge < -0.3 is 55.5 Å². The van der Waals surface area contributed by atoms with E-state index < -0.39 is 67.4 Å². The number of aliphatic hydroxyl groups excluding tert-OH is 5. The van der Waals surface area contributed by atoms with Crippen LogP contribution in [0.4, 0.5) is 0 Å². The van der Waals surface area contributed by atoms with E-state index in [0.29, 0.717) is 26.0 Å². The molecule has 1 fully saturated rings. The normalized spacial score (nSPS) is 16.4. The monoisotopic (exact) mass is 1070 g/mol. The number of ether oxygens (including phenoxy) is 3. The van der Waals surface area contributed by atoms with Crippen LogP contribution in [0.15, 0.2) is 0 Å². The van der Waals surface area contributed by atoms with Crippen LogP contribution in [0.25, 0.3) is 0 Å². The molecule has 1 aliphatic rings. The predicted molar refractivity (Wildman–Crippen MR) is 336 cm³/mol. The van der Waals surface area contributed by atoms with Crippen molar-refractivity contribution in [3.05, 3.63) is 0 Å². The van der Waals surface area contributed by atoms with Gasteiger partial charge in [-0.15, -0.1) is 0 Å². The first-order chi connectivity index (χ1) is 36.5. The molecule has 14 heteroatoms. The van der Waals surface area contributed by atoms with Crippen molar-refractivity contribution in [3.8, 4) is 142 Å². The summed E-state index contributed by atoms with van der Waals surface area (Å²) >= 11 is 0. The lowest BCUT2D eigenvalue weighted by molar-refractivity contribution is -0.304. The van der Waals surface area contributed by atoms with Gasteiger partial charge in [0.1, 0.15) is 30.5 Å². The molecular formula is C61H118N2O12. The van der Waals surface area contributed by atoms with E-state index in [4.69, 9.17) is 19.3 Å². The Balaban J connectivity index is -0.000000107. The number of rotatable bonds is 32. The minimum atomic E-state index is -1.71. The average Bonchev–Trinajstić information content (AvgIpc) is 3.39. The molecule has 0 radical (unpaired) electrons. The van der Waals surface area contributed by atoms with Gasteiger partial charge in [-0.05, 0) is 127 Å². The van der Waals surface area contributed by atoms with Crippen molar-refractivity contribution < 1.29 is 93.5 Å². The van der Waals surface area contributed by atoms with Crippen LogP contribution < -0.4 is 10.6 Å². The first-order valence-electron chi connectivity index (χ1n) is 25.5. The fourth-order valence-corrected chi connectivity index (χ4v) is 6.83. The molecule has 8 atom stereocenters. The van der Waals surface area contributed by atoms with Crippen LogP contribution in [0.2, 0.25) is 0 Å². The summed E-state index contributed by atoms with van der Waals surface area (Å²) in [7, 11) is 0. The Morgan fingerprint density at radius 2 is 1.04 bits per heavy atom. The fraction of sp³-hybridized carbons (Fsp3) is 0.557. The van der Waals surface area contributed by atoms with E-state index in [1.54, 1.807) is 6.92 Å². The van der Waals surface area contributed by atoms with Crippen LogP contribution >= 0.6 is 0 Å². The number of hydrogen-bond acceptors (Lipinski definition) is 11. The predicted octanol–water partition coefficient (Wildman–Crippen LogP) is 9.02. The summed E-state index contributed by atoms with van der Waals surface area (Å²) in [5.74, 6) is 57.6. The molecule has 0 spiro atoms. The molecule has 1 rings (SSSR count). The number of amides is 2. The number of hydrogen-bond donors (Lipinski definition) is 8. The van der Waals surface area contributed by atoms with Crippen LogP contribution in [0.3, 0.4) is 0 Å². The van der Waals surface area contributed by atoms with Crippen molar-refractivity contribution in [2.75, 3.05) is 26.4 Å². The fourth-order valence-electron chi connectivity index (χ4n) is 6.83. The third-order valence-corrected chi connectivity index (χ3v) is 10.8. The second-order valence-electron chi connectivity index (χ2n) is 16.9. The van der Waals surface area contributed by atoms with Crippen molar-refractivity contribution in [1.29, 1.82) is 0 Å². The molecule has 2 amide bonds. The highest BCUT2D eigenvalue weighted by atomic mass is 16.7. The number of carboxylic acid groups (broad SMARTS) is 1. The van der Waals surface area contributed by atoms with E-state index in [1.807, 2.05) is 0 Å². The number of unbranched alkanes of at least 4 members (excludes halogenated alkanes) is 14. The molecule has 0 bridgehead atoms. The number of carbonyl (C=O) groups excluding carboxylic acids is 2. The number of nitrogens with one attached hydrogen (secondary N) is 2. The number of aliphatic carboxylic acids is 1. The molecule has 0 aromatic carbocycles. The van der Waals surface area contributed by atoms with Crippen LogP contribution in [-0.4, -0.2) is 124 Å². The lowest BCUT2D eigenvalue weighted by Crippen LogP contribution is -2.60. The van der Waals surface area contributed by atoms with Crippen molar-refractivity contribution in [1.82, 2.24) is 10.6 Å². The maximum Gasteiger partial charge on any atom is 0.303 e. The van der Waals surface area contributed by atoms with Gasteiger partial charge in [-0.1, -0.05) is 103 Å². The number of aliphatic hydroxyl groups is 5. The zero-order chi connectivity index (χ0) is 54.8. The highest BCUT2D eigenvalue weighted by molar-refractivity contribution is 5.94. The van der Waals surface area contributed by atoms with Gasteiger partial charge in [-0.3, -0.25) is 14.4 Å².